The fourth-order valence-corrected chi connectivity index (χ4v) is 0.586. The first-order valence-corrected chi connectivity index (χ1v) is 3.55. The molecule has 0 radical (unpaired) electrons. The fraction of sp³-hybridized carbons (Fsp3) is 0.857. The van der Waals surface area contributed by atoms with E-state index in [0.717, 1.165) is 6.54 Å². The SMILES string of the molecule is CC(C)CNCCC(=O)O. The summed E-state index contributed by atoms with van der Waals surface area (Å²) < 4.78 is 0. The second-order valence-electron chi connectivity index (χ2n) is 2.74. The summed E-state index contributed by atoms with van der Waals surface area (Å²) >= 11 is 0. The van der Waals surface area contributed by atoms with Crippen molar-refractivity contribution in [2.75, 3.05) is 13.1 Å². The van der Waals surface area contributed by atoms with Crippen LogP contribution >= 0.6 is 0 Å². The number of carbonyl (C=O) groups is 1. The van der Waals surface area contributed by atoms with Gasteiger partial charge in [-0.25, -0.2) is 0 Å². The van der Waals surface area contributed by atoms with E-state index in [4.69, 9.17) is 5.11 Å². The zero-order chi connectivity index (χ0) is 7.98. The molecule has 10 heavy (non-hydrogen) atoms. The molecule has 0 aromatic rings. The number of carboxylic acid groups (broad SMARTS) is 1. The molecule has 0 spiro atoms. The molecule has 0 bridgehead atoms. The molecule has 0 fully saturated rings. The van der Waals surface area contributed by atoms with E-state index in [0.29, 0.717) is 12.5 Å². The monoisotopic (exact) mass is 145 g/mol. The third-order valence-corrected chi connectivity index (χ3v) is 1.07. The quantitative estimate of drug-likeness (QED) is 0.560. The molecule has 0 aliphatic rings. The molecule has 0 saturated heterocycles. The molecule has 0 atom stereocenters. The van der Waals surface area contributed by atoms with Crippen LogP contribution in [0.15, 0.2) is 0 Å². The van der Waals surface area contributed by atoms with Crippen LogP contribution in [0.5, 0.6) is 0 Å². The Labute approximate surface area is 61.4 Å². The molecule has 0 aromatic heterocycles. The minimum Gasteiger partial charge on any atom is -0.481 e. The summed E-state index contributed by atoms with van der Waals surface area (Å²) in [5.41, 5.74) is 0. The normalized spacial score (nSPS) is 10.3. The summed E-state index contributed by atoms with van der Waals surface area (Å²) in [4.78, 5) is 10.0. The molecule has 0 heterocycles. The highest BCUT2D eigenvalue weighted by molar-refractivity contribution is 5.66. The van der Waals surface area contributed by atoms with Crippen molar-refractivity contribution in [3.05, 3.63) is 0 Å². The number of rotatable bonds is 5. The van der Waals surface area contributed by atoms with E-state index in [-0.39, 0.29) is 6.42 Å². The molecule has 3 nitrogen and oxygen atoms in total. The number of hydrogen-bond acceptors (Lipinski definition) is 2. The van der Waals surface area contributed by atoms with Crippen LogP contribution in [-0.2, 0) is 4.79 Å². The smallest absolute Gasteiger partial charge is 0.304 e. The molecule has 0 rings (SSSR count). The Morgan fingerprint density at radius 3 is 2.60 bits per heavy atom. The van der Waals surface area contributed by atoms with Crippen molar-refractivity contribution >= 4 is 5.97 Å². The summed E-state index contributed by atoms with van der Waals surface area (Å²) in [7, 11) is 0. The Balaban J connectivity index is 2.98. The van der Waals surface area contributed by atoms with E-state index in [1.54, 1.807) is 0 Å². The van der Waals surface area contributed by atoms with Gasteiger partial charge in [-0.2, -0.15) is 0 Å². The third kappa shape index (κ3) is 7.43. The van der Waals surface area contributed by atoms with Gasteiger partial charge in [0.2, 0.25) is 0 Å². The Morgan fingerprint density at radius 1 is 1.60 bits per heavy atom. The summed E-state index contributed by atoms with van der Waals surface area (Å²) in [6.07, 6.45) is 0.215. The maximum absolute atomic E-state index is 10.0. The predicted molar refractivity (Wildman–Crippen MR) is 40.0 cm³/mol. The van der Waals surface area contributed by atoms with E-state index >= 15 is 0 Å². The van der Waals surface area contributed by atoms with Gasteiger partial charge in [-0.05, 0) is 12.5 Å². The van der Waals surface area contributed by atoms with Gasteiger partial charge in [0.15, 0.2) is 0 Å². The second kappa shape index (κ2) is 5.23. The van der Waals surface area contributed by atoms with E-state index in [1.807, 2.05) is 0 Å². The molecule has 0 saturated carbocycles. The van der Waals surface area contributed by atoms with Crippen LogP contribution in [0.4, 0.5) is 0 Å². The van der Waals surface area contributed by atoms with Crippen molar-refractivity contribution in [2.45, 2.75) is 20.3 Å². The predicted octanol–water partition coefficient (Wildman–Crippen LogP) is 0.707. The van der Waals surface area contributed by atoms with Crippen molar-refractivity contribution < 1.29 is 9.90 Å². The molecule has 0 amide bonds. The van der Waals surface area contributed by atoms with Crippen LogP contribution in [0.25, 0.3) is 0 Å². The Kier molecular flexibility index (Phi) is 4.94. The first-order chi connectivity index (χ1) is 4.63. The molecule has 60 valence electrons. The second-order valence-corrected chi connectivity index (χ2v) is 2.74. The van der Waals surface area contributed by atoms with Gasteiger partial charge in [-0.3, -0.25) is 4.79 Å². The van der Waals surface area contributed by atoms with Gasteiger partial charge in [-0.15, -0.1) is 0 Å². The van der Waals surface area contributed by atoms with Crippen LogP contribution in [0.2, 0.25) is 0 Å². The van der Waals surface area contributed by atoms with E-state index < -0.39 is 5.97 Å². The summed E-state index contributed by atoms with van der Waals surface area (Å²) in [5.74, 6) is -0.148. The van der Waals surface area contributed by atoms with E-state index in [9.17, 15) is 4.79 Å². The van der Waals surface area contributed by atoms with Gasteiger partial charge in [-0.1, -0.05) is 13.8 Å². The largest absolute Gasteiger partial charge is 0.481 e. The zero-order valence-corrected chi connectivity index (χ0v) is 6.55. The van der Waals surface area contributed by atoms with Crippen molar-refractivity contribution in [1.29, 1.82) is 0 Å². The molecule has 2 N–H and O–H groups in total. The standard InChI is InChI=1S/C7H15NO2/c1-6(2)5-8-4-3-7(9)10/h6,8H,3-5H2,1-2H3,(H,9,10). The molecule has 0 aromatic carbocycles. The average molecular weight is 145 g/mol. The maximum atomic E-state index is 10.0. The lowest BCUT2D eigenvalue weighted by atomic mass is 10.2. The Hall–Kier alpha value is -0.570. The van der Waals surface area contributed by atoms with Gasteiger partial charge >= 0.3 is 5.97 Å². The summed E-state index contributed by atoms with van der Waals surface area (Å²) in [6.45, 7) is 5.66. The zero-order valence-electron chi connectivity index (χ0n) is 6.55. The number of aliphatic carboxylic acids is 1. The van der Waals surface area contributed by atoms with Gasteiger partial charge in [0.25, 0.3) is 0 Å². The van der Waals surface area contributed by atoms with Gasteiger partial charge in [0, 0.05) is 6.54 Å². The van der Waals surface area contributed by atoms with Gasteiger partial charge < -0.3 is 10.4 Å². The molecule has 0 unspecified atom stereocenters. The van der Waals surface area contributed by atoms with Crippen molar-refractivity contribution in [1.82, 2.24) is 5.32 Å². The van der Waals surface area contributed by atoms with E-state index in [1.165, 1.54) is 0 Å². The molecule has 0 aliphatic carbocycles. The fourth-order valence-electron chi connectivity index (χ4n) is 0.586. The third-order valence-electron chi connectivity index (χ3n) is 1.07. The molecular formula is C7H15NO2. The summed E-state index contributed by atoms with van der Waals surface area (Å²) in [6, 6.07) is 0. The van der Waals surface area contributed by atoms with Crippen molar-refractivity contribution in [3.63, 3.8) is 0 Å². The highest BCUT2D eigenvalue weighted by Gasteiger charge is 1.96. The lowest BCUT2D eigenvalue weighted by molar-refractivity contribution is -0.136. The molecule has 3 heteroatoms. The van der Waals surface area contributed by atoms with E-state index in [2.05, 4.69) is 19.2 Å². The van der Waals surface area contributed by atoms with Crippen LogP contribution in [0.3, 0.4) is 0 Å². The maximum Gasteiger partial charge on any atom is 0.304 e. The number of carboxylic acids is 1. The lowest BCUT2D eigenvalue weighted by Gasteiger charge is -2.04. The van der Waals surface area contributed by atoms with Crippen LogP contribution in [0, 0.1) is 5.92 Å². The first kappa shape index (κ1) is 9.43. The van der Waals surface area contributed by atoms with Crippen molar-refractivity contribution in [2.24, 2.45) is 5.92 Å². The first-order valence-electron chi connectivity index (χ1n) is 3.55. The highest BCUT2D eigenvalue weighted by atomic mass is 16.4. The molecular weight excluding hydrogens is 130 g/mol. The number of nitrogens with one attached hydrogen (secondary N) is 1. The van der Waals surface area contributed by atoms with Crippen LogP contribution < -0.4 is 5.32 Å². The highest BCUT2D eigenvalue weighted by Crippen LogP contribution is 1.86. The Morgan fingerprint density at radius 2 is 2.20 bits per heavy atom. The topological polar surface area (TPSA) is 49.3 Å². The van der Waals surface area contributed by atoms with Gasteiger partial charge in [0.05, 0.1) is 6.42 Å². The molecule has 0 aliphatic heterocycles. The van der Waals surface area contributed by atoms with Crippen LogP contribution in [-0.4, -0.2) is 24.2 Å². The van der Waals surface area contributed by atoms with Gasteiger partial charge in [0.1, 0.15) is 0 Å². The Bertz CT molecular complexity index is 102. The number of hydrogen-bond donors (Lipinski definition) is 2. The minimum atomic E-state index is -0.740. The minimum absolute atomic E-state index is 0.215. The lowest BCUT2D eigenvalue weighted by Crippen LogP contribution is -2.22. The summed E-state index contributed by atoms with van der Waals surface area (Å²) in [5, 5.41) is 11.3. The van der Waals surface area contributed by atoms with Crippen LogP contribution in [0.1, 0.15) is 20.3 Å². The van der Waals surface area contributed by atoms with Crippen molar-refractivity contribution in [3.8, 4) is 0 Å². The average Bonchev–Trinajstić information content (AvgIpc) is 1.79.